The molecular formula is C25H23BrN2O2S. The number of carbonyl (C=O) groups is 2. The smallest absolute Gasteiger partial charge is 0.293 e. The van der Waals surface area contributed by atoms with Gasteiger partial charge in [0.15, 0.2) is 0 Å². The third-order valence-corrected chi connectivity index (χ3v) is 6.93. The predicted molar refractivity (Wildman–Crippen MR) is 130 cm³/mol. The minimum Gasteiger partial charge on any atom is -0.318 e. The van der Waals surface area contributed by atoms with Crippen LogP contribution in [-0.4, -0.2) is 20.6 Å². The van der Waals surface area contributed by atoms with Crippen LogP contribution in [0.2, 0.25) is 0 Å². The number of hydrogen-bond donors (Lipinski definition) is 0. The van der Waals surface area contributed by atoms with Crippen molar-refractivity contribution in [1.82, 2.24) is 9.47 Å². The third-order valence-electron chi connectivity index (χ3n) is 5.50. The summed E-state index contributed by atoms with van der Waals surface area (Å²) in [5, 5.41) is -0.232. The Morgan fingerprint density at radius 2 is 1.74 bits per heavy atom. The number of rotatable bonds is 5. The molecule has 158 valence electrons. The molecule has 2 amide bonds. The Labute approximate surface area is 195 Å². The van der Waals surface area contributed by atoms with Crippen LogP contribution in [0, 0.1) is 13.8 Å². The molecule has 0 unspecified atom stereocenters. The van der Waals surface area contributed by atoms with Crippen molar-refractivity contribution in [1.29, 1.82) is 0 Å². The minimum atomic E-state index is -0.239. The van der Waals surface area contributed by atoms with Gasteiger partial charge < -0.3 is 4.57 Å². The highest BCUT2D eigenvalue weighted by Crippen LogP contribution is 2.35. The molecule has 0 radical (unpaired) electrons. The Bertz CT molecular complexity index is 1190. The van der Waals surface area contributed by atoms with Gasteiger partial charge in [-0.25, -0.2) is 0 Å². The number of aromatic nitrogens is 1. The molecule has 1 fully saturated rings. The van der Waals surface area contributed by atoms with E-state index in [0.717, 1.165) is 50.9 Å². The Morgan fingerprint density at radius 1 is 1.03 bits per heavy atom. The molecular weight excluding hydrogens is 472 g/mol. The summed E-state index contributed by atoms with van der Waals surface area (Å²) < 4.78 is 3.18. The molecule has 0 atom stereocenters. The Balaban J connectivity index is 1.64. The monoisotopic (exact) mass is 494 g/mol. The van der Waals surface area contributed by atoms with E-state index in [9.17, 15) is 9.59 Å². The lowest BCUT2D eigenvalue weighted by Crippen LogP contribution is -2.27. The van der Waals surface area contributed by atoms with E-state index in [1.807, 2.05) is 36.4 Å². The summed E-state index contributed by atoms with van der Waals surface area (Å²) in [6.45, 7) is 6.54. The molecule has 31 heavy (non-hydrogen) atoms. The summed E-state index contributed by atoms with van der Waals surface area (Å²) >= 11 is 4.41. The minimum absolute atomic E-state index is 0.232. The number of hydrogen-bond acceptors (Lipinski definition) is 3. The fraction of sp³-hybridized carbons (Fsp3) is 0.200. The van der Waals surface area contributed by atoms with Gasteiger partial charge in [0.2, 0.25) is 0 Å². The largest absolute Gasteiger partial charge is 0.318 e. The number of nitrogens with zero attached hydrogens (tertiary/aromatic N) is 2. The van der Waals surface area contributed by atoms with Crippen molar-refractivity contribution in [3.63, 3.8) is 0 Å². The van der Waals surface area contributed by atoms with Crippen LogP contribution in [0.25, 0.3) is 11.8 Å². The van der Waals surface area contributed by atoms with E-state index >= 15 is 0 Å². The lowest BCUT2D eigenvalue weighted by molar-refractivity contribution is -0.123. The number of benzene rings is 2. The van der Waals surface area contributed by atoms with Crippen LogP contribution in [0.4, 0.5) is 4.79 Å². The predicted octanol–water partition coefficient (Wildman–Crippen LogP) is 6.66. The summed E-state index contributed by atoms with van der Waals surface area (Å²) in [7, 11) is 0. The van der Waals surface area contributed by atoms with Crippen molar-refractivity contribution in [2.24, 2.45) is 0 Å². The van der Waals surface area contributed by atoms with Crippen molar-refractivity contribution in [3.8, 4) is 5.69 Å². The second-order valence-electron chi connectivity index (χ2n) is 7.54. The van der Waals surface area contributed by atoms with Crippen molar-refractivity contribution in [2.45, 2.75) is 33.7 Å². The van der Waals surface area contributed by atoms with E-state index < -0.39 is 0 Å². The number of imide groups is 1. The van der Waals surface area contributed by atoms with E-state index in [0.29, 0.717) is 4.91 Å². The molecule has 0 saturated carbocycles. The van der Waals surface area contributed by atoms with Crippen LogP contribution in [0.15, 0.2) is 64.0 Å². The molecule has 1 aliphatic heterocycles. The number of amides is 2. The second-order valence-corrected chi connectivity index (χ2v) is 9.45. The normalized spacial score (nSPS) is 15.4. The molecule has 2 aromatic carbocycles. The first-order chi connectivity index (χ1) is 14.9. The molecule has 6 heteroatoms. The molecule has 3 aromatic rings. The van der Waals surface area contributed by atoms with Crippen molar-refractivity contribution in [3.05, 3.63) is 92.1 Å². The lowest BCUT2D eigenvalue weighted by atomic mass is 10.1. The number of carbonyl (C=O) groups excluding carboxylic acids is 2. The quantitative estimate of drug-likeness (QED) is 0.372. The molecule has 4 rings (SSSR count). The first-order valence-corrected chi connectivity index (χ1v) is 11.8. The van der Waals surface area contributed by atoms with E-state index in [4.69, 9.17) is 0 Å². The third kappa shape index (κ3) is 4.27. The van der Waals surface area contributed by atoms with Gasteiger partial charge in [0.05, 0.1) is 11.4 Å². The van der Waals surface area contributed by atoms with Crippen molar-refractivity contribution >= 4 is 44.9 Å². The van der Waals surface area contributed by atoms with E-state index in [-0.39, 0.29) is 17.7 Å². The van der Waals surface area contributed by atoms with Crippen LogP contribution in [0.5, 0.6) is 0 Å². The van der Waals surface area contributed by atoms with Gasteiger partial charge in [-0.3, -0.25) is 14.5 Å². The summed E-state index contributed by atoms with van der Waals surface area (Å²) in [5.41, 5.74) is 6.45. The average molecular weight is 495 g/mol. The first-order valence-electron chi connectivity index (χ1n) is 10.2. The fourth-order valence-electron chi connectivity index (χ4n) is 3.88. The van der Waals surface area contributed by atoms with Crippen LogP contribution in [0.1, 0.15) is 35.0 Å². The Kier molecular flexibility index (Phi) is 6.21. The molecule has 0 bridgehead atoms. The van der Waals surface area contributed by atoms with E-state index in [1.54, 1.807) is 0 Å². The van der Waals surface area contributed by atoms with Gasteiger partial charge in [-0.15, -0.1) is 0 Å². The first kappa shape index (κ1) is 21.7. The number of thioether (sulfide) groups is 1. The molecule has 0 spiro atoms. The van der Waals surface area contributed by atoms with E-state index in [2.05, 4.69) is 65.5 Å². The summed E-state index contributed by atoms with van der Waals surface area (Å²) in [4.78, 5) is 27.3. The zero-order chi connectivity index (χ0) is 22.1. The molecule has 0 N–H and O–H groups in total. The molecule has 0 aliphatic carbocycles. The van der Waals surface area contributed by atoms with Gasteiger partial charge in [-0.05, 0) is 79.1 Å². The fourth-order valence-corrected chi connectivity index (χ4v) is 4.98. The van der Waals surface area contributed by atoms with Gasteiger partial charge in [0.1, 0.15) is 0 Å². The number of aryl methyl sites for hydroxylation is 2. The van der Waals surface area contributed by atoms with Gasteiger partial charge in [0, 0.05) is 21.5 Å². The van der Waals surface area contributed by atoms with Crippen LogP contribution in [0.3, 0.4) is 0 Å². The molecule has 1 aromatic heterocycles. The van der Waals surface area contributed by atoms with Crippen molar-refractivity contribution < 1.29 is 9.59 Å². The topological polar surface area (TPSA) is 42.3 Å². The molecule has 1 saturated heterocycles. The summed E-state index contributed by atoms with van der Waals surface area (Å²) in [5.74, 6) is -0.239. The van der Waals surface area contributed by atoms with Crippen molar-refractivity contribution in [2.75, 3.05) is 0 Å². The number of para-hydroxylation sites is 1. The highest BCUT2D eigenvalue weighted by molar-refractivity contribution is 9.10. The van der Waals surface area contributed by atoms with Gasteiger partial charge in [-0.2, -0.15) is 0 Å². The second kappa shape index (κ2) is 8.89. The van der Waals surface area contributed by atoms with Gasteiger partial charge in [-0.1, -0.05) is 53.2 Å². The number of halogens is 1. The molecule has 1 aliphatic rings. The molecule has 2 heterocycles. The maximum absolute atomic E-state index is 13.0. The van der Waals surface area contributed by atoms with Gasteiger partial charge in [0.25, 0.3) is 11.1 Å². The van der Waals surface area contributed by atoms with Crippen LogP contribution >= 0.6 is 27.7 Å². The Hall–Kier alpha value is -2.57. The van der Waals surface area contributed by atoms with Crippen LogP contribution in [-0.2, 0) is 17.8 Å². The van der Waals surface area contributed by atoms with E-state index in [1.165, 1.54) is 10.5 Å². The van der Waals surface area contributed by atoms with Gasteiger partial charge >= 0.3 is 0 Å². The average Bonchev–Trinajstić information content (AvgIpc) is 3.18. The SMILES string of the molecule is CCc1ccccc1-n1c(C)cc(/C=C2\SC(=O)N(Cc3ccc(Br)cc3)C2=O)c1C. The summed E-state index contributed by atoms with van der Waals surface area (Å²) in [6, 6.07) is 18.1. The Morgan fingerprint density at radius 3 is 2.45 bits per heavy atom. The lowest BCUT2D eigenvalue weighted by Gasteiger charge is -2.14. The zero-order valence-corrected chi connectivity index (χ0v) is 20.1. The highest BCUT2D eigenvalue weighted by atomic mass is 79.9. The highest BCUT2D eigenvalue weighted by Gasteiger charge is 2.35. The standard InChI is InChI=1S/C25H23BrN2O2S/c1-4-19-7-5-6-8-22(19)28-16(2)13-20(17(28)3)14-23-24(29)27(25(30)31-23)15-18-9-11-21(26)12-10-18/h5-14H,4,15H2,1-3H3/b23-14-. The molecule has 4 nitrogen and oxygen atoms in total. The summed E-state index contributed by atoms with van der Waals surface area (Å²) in [6.07, 6.45) is 2.79. The zero-order valence-electron chi connectivity index (χ0n) is 17.7. The maximum atomic E-state index is 13.0. The van der Waals surface area contributed by atoms with Crippen LogP contribution < -0.4 is 0 Å². The maximum Gasteiger partial charge on any atom is 0.293 e.